The highest BCUT2D eigenvalue weighted by atomic mass is 32.2. The molecule has 0 aliphatic heterocycles. The second-order valence-corrected chi connectivity index (χ2v) is 9.32. The van der Waals surface area contributed by atoms with Crippen molar-refractivity contribution < 1.29 is 22.7 Å². The molecule has 1 aromatic heterocycles. The van der Waals surface area contributed by atoms with E-state index in [0.717, 1.165) is 56.2 Å². The summed E-state index contributed by atoms with van der Waals surface area (Å²) in [6.07, 6.45) is -1.37. The van der Waals surface area contributed by atoms with E-state index in [1.54, 1.807) is 17.1 Å². The molecule has 0 aliphatic rings. The third-order valence-corrected chi connectivity index (χ3v) is 6.51. The van der Waals surface area contributed by atoms with Crippen LogP contribution >= 0.6 is 12.1 Å². The fourth-order valence-corrected chi connectivity index (χ4v) is 4.60. The van der Waals surface area contributed by atoms with Gasteiger partial charge in [0, 0.05) is 17.3 Å². The quantitative estimate of drug-likeness (QED) is 0.170. The Labute approximate surface area is 226 Å². The molecule has 5 rings (SSSR count). The SMILES string of the molecule is Cc1cccc(C)c1NC(=O)NS/N=C/c1ccc2c(ccc3c2cnn3-c2ccc(OC(F)(F)F)cc2)c1. The van der Waals surface area contributed by atoms with Crippen LogP contribution in [0.15, 0.2) is 83.4 Å². The van der Waals surface area contributed by atoms with E-state index >= 15 is 0 Å². The van der Waals surface area contributed by atoms with Crippen LogP contribution in [0.2, 0.25) is 0 Å². The smallest absolute Gasteiger partial charge is 0.406 e. The zero-order valence-corrected chi connectivity index (χ0v) is 21.6. The number of amides is 2. The molecule has 0 saturated carbocycles. The van der Waals surface area contributed by atoms with Crippen LogP contribution in [0.5, 0.6) is 5.75 Å². The Balaban J connectivity index is 1.27. The highest BCUT2D eigenvalue weighted by molar-refractivity contribution is 7.96. The van der Waals surface area contributed by atoms with Crippen molar-refractivity contribution in [1.82, 2.24) is 14.5 Å². The first kappa shape index (κ1) is 26.1. The number of nitrogens with one attached hydrogen (secondary N) is 2. The molecule has 0 aliphatic carbocycles. The van der Waals surface area contributed by atoms with E-state index in [-0.39, 0.29) is 11.8 Å². The van der Waals surface area contributed by atoms with E-state index in [4.69, 9.17) is 0 Å². The number of nitrogens with zero attached hydrogens (tertiary/aromatic N) is 3. The predicted octanol–water partition coefficient (Wildman–Crippen LogP) is 7.50. The van der Waals surface area contributed by atoms with Gasteiger partial charge < -0.3 is 10.1 Å². The Kier molecular flexibility index (Phi) is 7.16. The molecule has 0 atom stereocenters. The van der Waals surface area contributed by atoms with Crippen LogP contribution in [0.4, 0.5) is 23.7 Å². The number of urea groups is 1. The van der Waals surface area contributed by atoms with Crippen molar-refractivity contribution in [3.63, 3.8) is 0 Å². The largest absolute Gasteiger partial charge is 0.573 e. The molecule has 0 bridgehead atoms. The van der Waals surface area contributed by atoms with E-state index in [0.29, 0.717) is 5.69 Å². The number of hydrogen-bond acceptors (Lipinski definition) is 5. The molecule has 4 aromatic carbocycles. The molecule has 7 nitrogen and oxygen atoms in total. The summed E-state index contributed by atoms with van der Waals surface area (Å²) in [4.78, 5) is 12.2. The monoisotopic (exact) mass is 549 g/mol. The Bertz CT molecular complexity index is 1680. The van der Waals surface area contributed by atoms with Crippen molar-refractivity contribution in [3.8, 4) is 11.4 Å². The lowest BCUT2D eigenvalue weighted by Gasteiger charge is -2.10. The fourth-order valence-electron chi connectivity index (χ4n) is 4.24. The molecular formula is C28H22F3N5O2S. The third kappa shape index (κ3) is 5.99. The number of rotatable bonds is 6. The predicted molar refractivity (Wildman–Crippen MR) is 149 cm³/mol. The zero-order valence-electron chi connectivity index (χ0n) is 20.8. The molecule has 2 N–H and O–H groups in total. The zero-order chi connectivity index (χ0) is 27.6. The number of alkyl halides is 3. The first-order valence-corrected chi connectivity index (χ1v) is 12.5. The summed E-state index contributed by atoms with van der Waals surface area (Å²) >= 11 is 0.923. The number of carbonyl (C=O) groups excluding carboxylic acids is 1. The number of aryl methyl sites for hydroxylation is 2. The molecule has 1 heterocycles. The van der Waals surface area contributed by atoms with Gasteiger partial charge in [0.05, 0.1) is 29.5 Å². The molecule has 0 unspecified atom stereocenters. The molecule has 0 saturated heterocycles. The van der Waals surface area contributed by atoms with E-state index in [1.165, 1.54) is 24.3 Å². The van der Waals surface area contributed by atoms with Crippen LogP contribution in [0.25, 0.3) is 27.4 Å². The third-order valence-electron chi connectivity index (χ3n) is 6.02. The van der Waals surface area contributed by atoms with E-state index in [1.807, 2.05) is 62.4 Å². The highest BCUT2D eigenvalue weighted by Crippen LogP contribution is 2.29. The van der Waals surface area contributed by atoms with Crippen molar-refractivity contribution in [3.05, 3.63) is 95.7 Å². The normalized spacial score (nSPS) is 11.8. The van der Waals surface area contributed by atoms with Crippen molar-refractivity contribution in [2.75, 3.05) is 5.32 Å². The van der Waals surface area contributed by atoms with Crippen LogP contribution in [-0.4, -0.2) is 28.4 Å². The van der Waals surface area contributed by atoms with Crippen LogP contribution in [0, 0.1) is 13.8 Å². The lowest BCUT2D eigenvalue weighted by atomic mass is 10.0. The number of fused-ring (bicyclic) bond motifs is 3. The van der Waals surface area contributed by atoms with Crippen molar-refractivity contribution in [2.45, 2.75) is 20.2 Å². The van der Waals surface area contributed by atoms with Gasteiger partial charge >= 0.3 is 12.4 Å². The summed E-state index contributed by atoms with van der Waals surface area (Å²) in [5.74, 6) is -0.294. The number of halogens is 3. The minimum absolute atomic E-state index is 0.294. The Morgan fingerprint density at radius 1 is 1.00 bits per heavy atom. The van der Waals surface area contributed by atoms with Crippen molar-refractivity contribution in [2.24, 2.45) is 4.40 Å². The van der Waals surface area contributed by atoms with Crippen molar-refractivity contribution >= 4 is 51.7 Å². The summed E-state index contributed by atoms with van der Waals surface area (Å²) in [6, 6.07) is 20.7. The topological polar surface area (TPSA) is 80.5 Å². The standard InChI is InChI=1S/C28H22F3N5O2S/c1-17-4-3-5-18(2)26(17)34-27(37)35-39-33-15-19-6-12-23-20(14-19)7-13-25-24(23)16-32-36(25)21-8-10-22(11-9-21)38-28(29,30)31/h3-16H,1-2H3,(H2,34,35,37)/b33-15+. The Morgan fingerprint density at radius 3 is 2.46 bits per heavy atom. The lowest BCUT2D eigenvalue weighted by molar-refractivity contribution is -0.274. The molecule has 0 radical (unpaired) electrons. The minimum atomic E-state index is -4.74. The molecule has 0 fully saturated rings. The van der Waals surface area contributed by atoms with Gasteiger partial charge in [-0.25, -0.2) is 13.9 Å². The second-order valence-electron chi connectivity index (χ2n) is 8.73. The second kappa shape index (κ2) is 10.7. The summed E-state index contributed by atoms with van der Waals surface area (Å²) in [6.45, 7) is 3.86. The summed E-state index contributed by atoms with van der Waals surface area (Å²) in [7, 11) is 0. The van der Waals surface area contributed by atoms with E-state index in [2.05, 4.69) is 24.3 Å². The van der Waals surface area contributed by atoms with Crippen LogP contribution < -0.4 is 14.8 Å². The minimum Gasteiger partial charge on any atom is -0.406 e. The van der Waals surface area contributed by atoms with Crippen LogP contribution in [0.1, 0.15) is 16.7 Å². The average Bonchev–Trinajstić information content (AvgIpc) is 3.33. The van der Waals surface area contributed by atoms with Gasteiger partial charge in [0.2, 0.25) is 0 Å². The molecule has 0 spiro atoms. The fraction of sp³-hybridized carbons (Fsp3) is 0.107. The van der Waals surface area contributed by atoms with Gasteiger partial charge in [-0.1, -0.05) is 36.4 Å². The van der Waals surface area contributed by atoms with E-state index < -0.39 is 6.36 Å². The molecule has 11 heteroatoms. The molecular weight excluding hydrogens is 527 g/mol. The molecule has 2 amide bonds. The molecule has 5 aromatic rings. The summed E-state index contributed by atoms with van der Waals surface area (Å²) < 4.78 is 49.8. The average molecular weight is 550 g/mol. The Hall–Kier alpha value is -4.51. The number of benzene rings is 4. The maximum Gasteiger partial charge on any atom is 0.573 e. The lowest BCUT2D eigenvalue weighted by Crippen LogP contribution is -2.23. The van der Waals surface area contributed by atoms with Gasteiger partial charge in [-0.05, 0) is 77.7 Å². The maximum atomic E-state index is 12.4. The number of para-hydroxylation sites is 1. The van der Waals surface area contributed by atoms with Crippen molar-refractivity contribution in [1.29, 1.82) is 0 Å². The van der Waals surface area contributed by atoms with Gasteiger partial charge in [-0.3, -0.25) is 4.72 Å². The highest BCUT2D eigenvalue weighted by Gasteiger charge is 2.31. The van der Waals surface area contributed by atoms with Gasteiger partial charge in [0.25, 0.3) is 0 Å². The van der Waals surface area contributed by atoms with Gasteiger partial charge in [-0.15, -0.1) is 13.2 Å². The number of aromatic nitrogens is 2. The molecule has 198 valence electrons. The van der Waals surface area contributed by atoms with Gasteiger partial charge in [0.1, 0.15) is 5.75 Å². The van der Waals surface area contributed by atoms with Gasteiger partial charge in [-0.2, -0.15) is 5.10 Å². The first-order valence-electron chi connectivity index (χ1n) is 11.8. The van der Waals surface area contributed by atoms with Crippen LogP contribution in [-0.2, 0) is 0 Å². The summed E-state index contributed by atoms with van der Waals surface area (Å²) in [5.41, 5.74) is 4.98. The number of hydrogen-bond donors (Lipinski definition) is 2. The Morgan fingerprint density at radius 2 is 1.74 bits per heavy atom. The maximum absolute atomic E-state index is 12.4. The van der Waals surface area contributed by atoms with E-state index in [9.17, 15) is 18.0 Å². The van der Waals surface area contributed by atoms with Gasteiger partial charge in [0.15, 0.2) is 0 Å². The van der Waals surface area contributed by atoms with Crippen LogP contribution in [0.3, 0.4) is 0 Å². The number of carbonyl (C=O) groups is 1. The first-order chi connectivity index (χ1) is 18.7. The number of ether oxygens (including phenoxy) is 1. The summed E-state index contributed by atoms with van der Waals surface area (Å²) in [5, 5.41) is 10.1. The molecule has 39 heavy (non-hydrogen) atoms. The number of anilines is 1.